The van der Waals surface area contributed by atoms with Crippen LogP contribution in [0.1, 0.15) is 52.5 Å². The number of carbonyl (C=O) groups excluding carboxylic acids is 1. The summed E-state index contributed by atoms with van der Waals surface area (Å²) in [6, 6.07) is 5.64. The van der Waals surface area contributed by atoms with E-state index >= 15 is 0 Å². The molecule has 0 aromatic heterocycles. The molecule has 1 aliphatic carbocycles. The maximum absolute atomic E-state index is 12.8. The third-order valence-corrected chi connectivity index (χ3v) is 4.96. The predicted molar refractivity (Wildman–Crippen MR) is 110 cm³/mol. The highest BCUT2D eigenvalue weighted by atomic mass is 79.9. The van der Waals surface area contributed by atoms with Crippen LogP contribution in [0.4, 0.5) is 0 Å². The first-order valence-corrected chi connectivity index (χ1v) is 10.6. The van der Waals surface area contributed by atoms with Gasteiger partial charge in [0.25, 0.3) is 0 Å². The summed E-state index contributed by atoms with van der Waals surface area (Å²) in [5.74, 6) is 0.757. The predicted octanol–water partition coefficient (Wildman–Crippen LogP) is 4.48. The van der Waals surface area contributed by atoms with Crippen molar-refractivity contribution in [2.75, 3.05) is 13.2 Å². The van der Waals surface area contributed by atoms with Crippen LogP contribution >= 0.6 is 15.9 Å². The van der Waals surface area contributed by atoms with Crippen molar-refractivity contribution in [1.82, 2.24) is 0 Å². The van der Waals surface area contributed by atoms with E-state index in [9.17, 15) is 4.79 Å². The number of hydrogen-bond acceptors (Lipinski definition) is 6. The Morgan fingerprint density at radius 3 is 2.75 bits per heavy atom. The number of carbonyl (C=O) groups is 1. The van der Waals surface area contributed by atoms with E-state index in [0.29, 0.717) is 37.0 Å². The number of esters is 1. The van der Waals surface area contributed by atoms with E-state index in [1.807, 2.05) is 45.9 Å². The first-order chi connectivity index (χ1) is 13.3. The van der Waals surface area contributed by atoms with E-state index in [4.69, 9.17) is 19.0 Å². The van der Waals surface area contributed by atoms with Gasteiger partial charge in [0.1, 0.15) is 29.8 Å². The summed E-state index contributed by atoms with van der Waals surface area (Å²) in [6.45, 7) is 8.44. The van der Waals surface area contributed by atoms with Gasteiger partial charge in [-0.3, -0.25) is 0 Å². The molecule has 1 aromatic rings. The average molecular weight is 454 g/mol. The summed E-state index contributed by atoms with van der Waals surface area (Å²) in [5.41, 5.74) is 0.871. The van der Waals surface area contributed by atoms with Gasteiger partial charge in [0, 0.05) is 16.6 Å². The Hall–Kier alpha value is -1.60. The Balaban J connectivity index is 1.85. The maximum Gasteiger partial charge on any atom is 0.347 e. The fraction of sp³-hybridized carbons (Fsp3) is 0.619. The van der Waals surface area contributed by atoms with E-state index in [1.54, 1.807) is 0 Å². The second-order valence-corrected chi connectivity index (χ2v) is 9.09. The average Bonchev–Trinajstić information content (AvgIpc) is 3.30. The SMILES string of the molecule is CCOC1CON=C1c1cc(Br)ccc1O[C@@H](CC1CC1)C(=O)OC(C)(C)C. The zero-order valence-electron chi connectivity index (χ0n) is 16.9. The summed E-state index contributed by atoms with van der Waals surface area (Å²) in [5, 5.41) is 4.17. The monoisotopic (exact) mass is 453 g/mol. The molecule has 1 unspecified atom stereocenters. The molecule has 1 aliphatic heterocycles. The van der Waals surface area contributed by atoms with Crippen molar-refractivity contribution in [3.8, 4) is 5.75 Å². The van der Waals surface area contributed by atoms with Crippen molar-refractivity contribution in [2.24, 2.45) is 11.1 Å². The standard InChI is InChI=1S/C21H28BrNO5/c1-5-25-18-12-26-23-19(18)15-11-14(22)8-9-16(15)27-17(10-13-6-7-13)20(24)28-21(2,3)4/h8-9,11,13,17-18H,5-7,10,12H2,1-4H3/t17-,18?/m0/s1. The highest BCUT2D eigenvalue weighted by Crippen LogP contribution is 2.36. The summed E-state index contributed by atoms with van der Waals surface area (Å²) in [6.07, 6.45) is 2.00. The number of halogens is 1. The van der Waals surface area contributed by atoms with Gasteiger partial charge in [-0.15, -0.1) is 0 Å². The number of oxime groups is 1. The van der Waals surface area contributed by atoms with E-state index in [-0.39, 0.29) is 12.1 Å². The van der Waals surface area contributed by atoms with Crippen molar-refractivity contribution in [3.05, 3.63) is 28.2 Å². The molecule has 2 aliphatic rings. The van der Waals surface area contributed by atoms with Gasteiger partial charge in [-0.25, -0.2) is 4.79 Å². The van der Waals surface area contributed by atoms with Crippen molar-refractivity contribution in [1.29, 1.82) is 0 Å². The molecule has 1 fully saturated rings. The summed E-state index contributed by atoms with van der Waals surface area (Å²) in [4.78, 5) is 18.0. The molecule has 0 radical (unpaired) electrons. The number of hydrogen-bond donors (Lipinski definition) is 0. The van der Waals surface area contributed by atoms with Crippen LogP contribution in [0.25, 0.3) is 0 Å². The van der Waals surface area contributed by atoms with Crippen LogP contribution in [0.5, 0.6) is 5.75 Å². The summed E-state index contributed by atoms with van der Waals surface area (Å²) in [7, 11) is 0. The lowest BCUT2D eigenvalue weighted by molar-refractivity contribution is -0.164. The smallest absolute Gasteiger partial charge is 0.347 e. The molecular weight excluding hydrogens is 426 g/mol. The maximum atomic E-state index is 12.8. The fourth-order valence-electron chi connectivity index (χ4n) is 3.04. The van der Waals surface area contributed by atoms with Gasteiger partial charge >= 0.3 is 5.97 Å². The molecule has 0 spiro atoms. The third kappa shape index (κ3) is 5.70. The molecule has 2 atom stereocenters. The zero-order valence-corrected chi connectivity index (χ0v) is 18.5. The fourth-order valence-corrected chi connectivity index (χ4v) is 3.40. The molecule has 3 rings (SSSR count). The molecule has 0 bridgehead atoms. The van der Waals surface area contributed by atoms with Gasteiger partial charge in [-0.05, 0) is 58.2 Å². The molecule has 7 heteroatoms. The molecule has 0 N–H and O–H groups in total. The highest BCUT2D eigenvalue weighted by Gasteiger charge is 2.35. The van der Waals surface area contributed by atoms with Gasteiger partial charge in [0.05, 0.1) is 0 Å². The lowest BCUT2D eigenvalue weighted by Gasteiger charge is -2.25. The first-order valence-electron chi connectivity index (χ1n) is 9.77. The quantitative estimate of drug-likeness (QED) is 0.542. The lowest BCUT2D eigenvalue weighted by Crippen LogP contribution is -2.36. The second-order valence-electron chi connectivity index (χ2n) is 8.18. The first kappa shape index (κ1) is 21.1. The van der Waals surface area contributed by atoms with Crippen molar-refractivity contribution >= 4 is 27.6 Å². The molecule has 1 aromatic carbocycles. The van der Waals surface area contributed by atoms with E-state index in [1.165, 1.54) is 0 Å². The Labute approximate surface area is 174 Å². The van der Waals surface area contributed by atoms with Crippen molar-refractivity contribution < 1.29 is 23.8 Å². The molecule has 28 heavy (non-hydrogen) atoms. The molecule has 0 amide bonds. The molecular formula is C21H28BrNO5. The highest BCUT2D eigenvalue weighted by molar-refractivity contribution is 9.10. The van der Waals surface area contributed by atoms with Crippen molar-refractivity contribution in [3.63, 3.8) is 0 Å². The summed E-state index contributed by atoms with van der Waals surface area (Å²) >= 11 is 3.50. The van der Waals surface area contributed by atoms with Crippen molar-refractivity contribution in [2.45, 2.75) is 64.8 Å². The van der Waals surface area contributed by atoms with Crippen LogP contribution < -0.4 is 4.74 Å². The Morgan fingerprint density at radius 2 is 2.11 bits per heavy atom. The number of benzene rings is 1. The van der Waals surface area contributed by atoms with E-state index in [2.05, 4.69) is 21.1 Å². The lowest BCUT2D eigenvalue weighted by atomic mass is 10.0. The van der Waals surface area contributed by atoms with Crippen LogP contribution in [0.15, 0.2) is 27.8 Å². The molecule has 1 saturated carbocycles. The minimum atomic E-state index is -0.653. The van der Waals surface area contributed by atoms with Crippen LogP contribution in [0.3, 0.4) is 0 Å². The normalized spacial score (nSPS) is 20.3. The van der Waals surface area contributed by atoms with Crippen LogP contribution in [-0.2, 0) is 19.1 Å². The Bertz CT molecular complexity index is 739. The van der Waals surface area contributed by atoms with Crippen LogP contribution in [0, 0.1) is 5.92 Å². The Morgan fingerprint density at radius 1 is 1.36 bits per heavy atom. The van der Waals surface area contributed by atoms with E-state index in [0.717, 1.165) is 22.9 Å². The van der Waals surface area contributed by atoms with Crippen LogP contribution in [0.2, 0.25) is 0 Å². The molecule has 0 saturated heterocycles. The van der Waals surface area contributed by atoms with Gasteiger partial charge in [-0.2, -0.15) is 0 Å². The largest absolute Gasteiger partial charge is 0.478 e. The molecule has 6 nitrogen and oxygen atoms in total. The van der Waals surface area contributed by atoms with Crippen LogP contribution in [-0.4, -0.2) is 42.7 Å². The number of rotatable bonds is 8. The van der Waals surface area contributed by atoms with Gasteiger partial charge in [0.2, 0.25) is 0 Å². The Kier molecular flexibility index (Phi) is 6.65. The number of ether oxygens (including phenoxy) is 3. The zero-order chi connectivity index (χ0) is 20.3. The summed E-state index contributed by atoms with van der Waals surface area (Å²) < 4.78 is 18.4. The van der Waals surface area contributed by atoms with Gasteiger partial charge < -0.3 is 19.0 Å². The minimum absolute atomic E-state index is 0.259. The second kappa shape index (κ2) is 8.82. The molecule has 154 valence electrons. The topological polar surface area (TPSA) is 66.3 Å². The number of nitrogens with zero attached hydrogens (tertiary/aromatic N) is 1. The minimum Gasteiger partial charge on any atom is -0.478 e. The molecule has 1 heterocycles. The van der Waals surface area contributed by atoms with Gasteiger partial charge in [0.15, 0.2) is 6.10 Å². The van der Waals surface area contributed by atoms with Gasteiger partial charge in [-0.1, -0.05) is 33.9 Å². The third-order valence-electron chi connectivity index (χ3n) is 4.46. The van der Waals surface area contributed by atoms with E-state index < -0.39 is 11.7 Å².